The number of aliphatic hydroxyl groups excluding tert-OH is 1. The Morgan fingerprint density at radius 3 is 2.11 bits per heavy atom. The van der Waals surface area contributed by atoms with E-state index in [-0.39, 0.29) is 17.9 Å². The second kappa shape index (κ2) is 6.35. The van der Waals surface area contributed by atoms with Crippen LogP contribution in [0.25, 0.3) is 0 Å². The minimum atomic E-state index is 0.181. The van der Waals surface area contributed by atoms with Crippen molar-refractivity contribution in [2.45, 2.75) is 45.4 Å². The van der Waals surface area contributed by atoms with Gasteiger partial charge in [0.2, 0.25) is 0 Å². The van der Waals surface area contributed by atoms with E-state index < -0.39 is 0 Å². The summed E-state index contributed by atoms with van der Waals surface area (Å²) in [4.78, 5) is 0. The molecule has 0 radical (unpaired) electrons. The fourth-order valence-electron chi connectivity index (χ4n) is 2.19. The summed E-state index contributed by atoms with van der Waals surface area (Å²) in [5.41, 5.74) is 8.52. The lowest BCUT2D eigenvalue weighted by Crippen LogP contribution is -2.20. The SMILES string of the molecule is CC(CC(CN)CO)c1ccc(C(C)(C)C)cc1. The van der Waals surface area contributed by atoms with Gasteiger partial charge in [0.05, 0.1) is 0 Å². The van der Waals surface area contributed by atoms with Gasteiger partial charge in [0.25, 0.3) is 0 Å². The summed E-state index contributed by atoms with van der Waals surface area (Å²) in [6, 6.07) is 8.83. The molecule has 18 heavy (non-hydrogen) atoms. The number of hydrogen-bond acceptors (Lipinski definition) is 2. The molecule has 0 aliphatic carbocycles. The third-order valence-corrected chi connectivity index (χ3v) is 3.62. The Labute approximate surface area is 111 Å². The first-order valence-corrected chi connectivity index (χ1v) is 6.79. The van der Waals surface area contributed by atoms with Crippen molar-refractivity contribution in [1.82, 2.24) is 0 Å². The highest BCUT2D eigenvalue weighted by Gasteiger charge is 2.15. The Kier molecular flexibility index (Phi) is 5.36. The van der Waals surface area contributed by atoms with Crippen molar-refractivity contribution in [2.24, 2.45) is 11.7 Å². The Bertz CT molecular complexity index is 346. The predicted molar refractivity (Wildman–Crippen MR) is 77.8 cm³/mol. The van der Waals surface area contributed by atoms with Crippen LogP contribution in [0, 0.1) is 5.92 Å². The monoisotopic (exact) mass is 249 g/mol. The van der Waals surface area contributed by atoms with Gasteiger partial charge in [0, 0.05) is 6.61 Å². The molecule has 0 saturated heterocycles. The van der Waals surface area contributed by atoms with Gasteiger partial charge >= 0.3 is 0 Å². The third-order valence-electron chi connectivity index (χ3n) is 3.62. The quantitative estimate of drug-likeness (QED) is 0.842. The maximum Gasteiger partial charge on any atom is 0.0471 e. The molecule has 0 saturated carbocycles. The molecule has 102 valence electrons. The maximum atomic E-state index is 9.19. The molecule has 1 aromatic rings. The lowest BCUT2D eigenvalue weighted by molar-refractivity contribution is 0.217. The fraction of sp³-hybridized carbons (Fsp3) is 0.625. The summed E-state index contributed by atoms with van der Waals surface area (Å²) < 4.78 is 0. The number of aliphatic hydroxyl groups is 1. The zero-order valence-electron chi connectivity index (χ0n) is 12.1. The topological polar surface area (TPSA) is 46.2 Å². The molecule has 3 N–H and O–H groups in total. The van der Waals surface area contributed by atoms with E-state index in [1.807, 2.05) is 0 Å². The van der Waals surface area contributed by atoms with Gasteiger partial charge in [0.1, 0.15) is 0 Å². The standard InChI is InChI=1S/C16H27NO/c1-12(9-13(10-17)11-18)14-5-7-15(8-6-14)16(2,3)4/h5-8,12-13,18H,9-11,17H2,1-4H3. The van der Waals surface area contributed by atoms with Crippen LogP contribution in [0.1, 0.15) is 51.2 Å². The van der Waals surface area contributed by atoms with Crippen LogP contribution in [0.4, 0.5) is 0 Å². The van der Waals surface area contributed by atoms with E-state index in [9.17, 15) is 5.11 Å². The molecular weight excluding hydrogens is 222 g/mol. The first kappa shape index (κ1) is 15.2. The summed E-state index contributed by atoms with van der Waals surface area (Å²) in [6.07, 6.45) is 0.946. The van der Waals surface area contributed by atoms with Gasteiger partial charge in [-0.3, -0.25) is 0 Å². The van der Waals surface area contributed by atoms with Gasteiger partial charge in [-0.25, -0.2) is 0 Å². The van der Waals surface area contributed by atoms with Crippen molar-refractivity contribution in [3.05, 3.63) is 35.4 Å². The molecule has 0 spiro atoms. The van der Waals surface area contributed by atoms with Crippen LogP contribution in [-0.4, -0.2) is 18.3 Å². The van der Waals surface area contributed by atoms with E-state index in [2.05, 4.69) is 52.0 Å². The highest BCUT2D eigenvalue weighted by molar-refractivity contribution is 5.29. The van der Waals surface area contributed by atoms with Crippen molar-refractivity contribution >= 4 is 0 Å². The van der Waals surface area contributed by atoms with Crippen LogP contribution in [0.5, 0.6) is 0 Å². The predicted octanol–water partition coefficient (Wildman–Crippen LogP) is 3.04. The molecule has 0 amide bonds. The number of hydrogen-bond donors (Lipinski definition) is 2. The van der Waals surface area contributed by atoms with Crippen molar-refractivity contribution < 1.29 is 5.11 Å². The van der Waals surface area contributed by atoms with Crippen molar-refractivity contribution in [3.8, 4) is 0 Å². The normalized spacial score (nSPS) is 15.4. The van der Waals surface area contributed by atoms with E-state index in [0.29, 0.717) is 12.5 Å². The minimum Gasteiger partial charge on any atom is -0.396 e. The zero-order valence-corrected chi connectivity index (χ0v) is 12.1. The van der Waals surface area contributed by atoms with Gasteiger partial charge in [-0.1, -0.05) is 52.0 Å². The average Bonchev–Trinajstić information content (AvgIpc) is 2.34. The molecule has 2 heteroatoms. The fourth-order valence-corrected chi connectivity index (χ4v) is 2.19. The second-order valence-electron chi connectivity index (χ2n) is 6.29. The van der Waals surface area contributed by atoms with E-state index in [4.69, 9.17) is 5.73 Å². The van der Waals surface area contributed by atoms with Gasteiger partial charge < -0.3 is 10.8 Å². The second-order valence-corrected chi connectivity index (χ2v) is 6.29. The molecule has 0 aliphatic heterocycles. The van der Waals surface area contributed by atoms with E-state index in [1.54, 1.807) is 0 Å². The molecule has 1 rings (SSSR count). The van der Waals surface area contributed by atoms with Crippen molar-refractivity contribution in [1.29, 1.82) is 0 Å². The zero-order chi connectivity index (χ0) is 13.8. The van der Waals surface area contributed by atoms with E-state index >= 15 is 0 Å². The van der Waals surface area contributed by atoms with Crippen LogP contribution in [-0.2, 0) is 5.41 Å². The van der Waals surface area contributed by atoms with E-state index in [0.717, 1.165) is 6.42 Å². The van der Waals surface area contributed by atoms with Crippen LogP contribution in [0.3, 0.4) is 0 Å². The van der Waals surface area contributed by atoms with Crippen LogP contribution in [0.15, 0.2) is 24.3 Å². The Morgan fingerprint density at radius 2 is 1.72 bits per heavy atom. The van der Waals surface area contributed by atoms with Gasteiger partial charge in [-0.05, 0) is 41.3 Å². The summed E-state index contributed by atoms with van der Waals surface area (Å²) in [5, 5.41) is 9.19. The van der Waals surface area contributed by atoms with E-state index in [1.165, 1.54) is 11.1 Å². The summed E-state index contributed by atoms with van der Waals surface area (Å²) in [5.74, 6) is 0.655. The summed E-state index contributed by atoms with van der Waals surface area (Å²) in [7, 11) is 0. The molecule has 0 fully saturated rings. The number of benzene rings is 1. The summed E-state index contributed by atoms with van der Waals surface area (Å²) in [6.45, 7) is 9.61. The van der Waals surface area contributed by atoms with Gasteiger partial charge in [0.15, 0.2) is 0 Å². The molecule has 0 aromatic heterocycles. The summed E-state index contributed by atoms with van der Waals surface area (Å²) >= 11 is 0. The van der Waals surface area contributed by atoms with Crippen LogP contribution >= 0.6 is 0 Å². The first-order chi connectivity index (χ1) is 8.38. The molecule has 0 heterocycles. The van der Waals surface area contributed by atoms with Crippen LogP contribution < -0.4 is 5.73 Å². The largest absolute Gasteiger partial charge is 0.396 e. The lowest BCUT2D eigenvalue weighted by Gasteiger charge is -2.21. The van der Waals surface area contributed by atoms with Gasteiger partial charge in [-0.15, -0.1) is 0 Å². The Balaban J connectivity index is 2.73. The molecule has 0 bridgehead atoms. The highest BCUT2D eigenvalue weighted by atomic mass is 16.3. The third kappa shape index (κ3) is 4.11. The molecule has 0 aliphatic rings. The van der Waals surface area contributed by atoms with Crippen molar-refractivity contribution in [3.63, 3.8) is 0 Å². The highest BCUT2D eigenvalue weighted by Crippen LogP contribution is 2.27. The number of rotatable bonds is 5. The molecule has 2 nitrogen and oxygen atoms in total. The van der Waals surface area contributed by atoms with Crippen molar-refractivity contribution in [2.75, 3.05) is 13.2 Å². The first-order valence-electron chi connectivity index (χ1n) is 6.79. The molecular formula is C16H27NO. The Hall–Kier alpha value is -0.860. The number of nitrogens with two attached hydrogens (primary N) is 1. The molecule has 1 aromatic carbocycles. The molecule has 2 atom stereocenters. The maximum absolute atomic E-state index is 9.19. The smallest absolute Gasteiger partial charge is 0.0471 e. The minimum absolute atomic E-state index is 0.181. The lowest BCUT2D eigenvalue weighted by atomic mass is 9.84. The molecule has 2 unspecified atom stereocenters. The van der Waals surface area contributed by atoms with Gasteiger partial charge in [-0.2, -0.15) is 0 Å². The average molecular weight is 249 g/mol. The Morgan fingerprint density at radius 1 is 1.17 bits per heavy atom. The van der Waals surface area contributed by atoms with Crippen LogP contribution in [0.2, 0.25) is 0 Å².